The van der Waals surface area contributed by atoms with Crippen molar-refractivity contribution < 1.29 is 19.1 Å². The molecule has 0 bridgehead atoms. The van der Waals surface area contributed by atoms with Gasteiger partial charge in [-0.2, -0.15) is 0 Å². The second-order valence-electron chi connectivity index (χ2n) is 4.13. The van der Waals surface area contributed by atoms with Gasteiger partial charge in [-0.05, 0) is 34.0 Å². The Hall–Kier alpha value is -1.43. The van der Waals surface area contributed by atoms with Crippen LogP contribution in [0.2, 0.25) is 0 Å². The van der Waals surface area contributed by atoms with Crippen LogP contribution in [-0.4, -0.2) is 23.0 Å². The van der Waals surface area contributed by atoms with Gasteiger partial charge in [0.25, 0.3) is 5.91 Å². The molecule has 6 heteroatoms. The van der Waals surface area contributed by atoms with Gasteiger partial charge in [0.05, 0.1) is 10.0 Å². The summed E-state index contributed by atoms with van der Waals surface area (Å²) in [5.74, 6) is -2.58. The van der Waals surface area contributed by atoms with Crippen LogP contribution in [0.15, 0.2) is 22.7 Å². The average Bonchev–Trinajstić information content (AvgIpc) is 2.28. The standard InChI is InChI=1S/C12H13BrFNO3/c1-6(2)10(12(17)18)15-11(16)7-4-3-5-8(14)9(7)13/h3-6,10H,1-2H3,(H,15,16)(H,17,18)/t10-/m0/s1. The third kappa shape index (κ3) is 3.29. The lowest BCUT2D eigenvalue weighted by atomic mass is 10.0. The van der Waals surface area contributed by atoms with Crippen molar-refractivity contribution in [3.63, 3.8) is 0 Å². The molecule has 1 rings (SSSR count). The normalized spacial score (nSPS) is 12.3. The Bertz CT molecular complexity index is 476. The van der Waals surface area contributed by atoms with Crippen molar-refractivity contribution in [3.8, 4) is 0 Å². The minimum absolute atomic E-state index is 0.0235. The Morgan fingerprint density at radius 1 is 1.39 bits per heavy atom. The molecule has 98 valence electrons. The van der Waals surface area contributed by atoms with Crippen LogP contribution in [-0.2, 0) is 4.79 Å². The van der Waals surface area contributed by atoms with Crippen molar-refractivity contribution in [2.75, 3.05) is 0 Å². The van der Waals surface area contributed by atoms with E-state index in [0.29, 0.717) is 0 Å². The molecule has 18 heavy (non-hydrogen) atoms. The molecule has 0 aliphatic rings. The summed E-state index contributed by atoms with van der Waals surface area (Å²) in [6, 6.07) is 3.01. The van der Waals surface area contributed by atoms with Crippen LogP contribution in [0.1, 0.15) is 24.2 Å². The van der Waals surface area contributed by atoms with Gasteiger partial charge < -0.3 is 10.4 Å². The quantitative estimate of drug-likeness (QED) is 0.896. The second kappa shape index (κ2) is 5.95. The van der Waals surface area contributed by atoms with Crippen molar-refractivity contribution in [1.29, 1.82) is 0 Å². The first kappa shape index (κ1) is 14.6. The highest BCUT2D eigenvalue weighted by Crippen LogP contribution is 2.20. The first-order valence-electron chi connectivity index (χ1n) is 5.32. The number of amides is 1. The number of rotatable bonds is 4. The smallest absolute Gasteiger partial charge is 0.326 e. The number of hydrogen-bond donors (Lipinski definition) is 2. The number of hydrogen-bond acceptors (Lipinski definition) is 2. The molecule has 0 aliphatic heterocycles. The minimum Gasteiger partial charge on any atom is -0.480 e. The molecule has 1 aromatic rings. The van der Waals surface area contributed by atoms with Crippen molar-refractivity contribution in [1.82, 2.24) is 5.32 Å². The lowest BCUT2D eigenvalue weighted by molar-refractivity contribution is -0.140. The third-order valence-corrected chi connectivity index (χ3v) is 3.22. The van der Waals surface area contributed by atoms with E-state index in [4.69, 9.17) is 5.11 Å². The van der Waals surface area contributed by atoms with Gasteiger partial charge >= 0.3 is 5.97 Å². The molecule has 4 nitrogen and oxygen atoms in total. The molecule has 0 unspecified atom stereocenters. The highest BCUT2D eigenvalue weighted by Gasteiger charge is 2.25. The van der Waals surface area contributed by atoms with E-state index in [0.717, 1.165) is 0 Å². The van der Waals surface area contributed by atoms with E-state index in [1.54, 1.807) is 13.8 Å². The Morgan fingerprint density at radius 2 is 2.00 bits per heavy atom. The molecule has 1 atom stereocenters. The van der Waals surface area contributed by atoms with Gasteiger partial charge in [0.2, 0.25) is 0 Å². The van der Waals surface area contributed by atoms with Gasteiger partial charge in [-0.1, -0.05) is 19.9 Å². The zero-order valence-electron chi connectivity index (χ0n) is 9.91. The van der Waals surface area contributed by atoms with Crippen LogP contribution in [0.25, 0.3) is 0 Å². The molecule has 0 radical (unpaired) electrons. The summed E-state index contributed by atoms with van der Waals surface area (Å²) in [6.45, 7) is 3.36. The Balaban J connectivity index is 2.94. The van der Waals surface area contributed by atoms with Crippen molar-refractivity contribution in [2.24, 2.45) is 5.92 Å². The van der Waals surface area contributed by atoms with Crippen LogP contribution in [0.5, 0.6) is 0 Å². The average molecular weight is 318 g/mol. The minimum atomic E-state index is -1.12. The fraction of sp³-hybridized carbons (Fsp3) is 0.333. The van der Waals surface area contributed by atoms with Crippen LogP contribution in [0.3, 0.4) is 0 Å². The Morgan fingerprint density at radius 3 is 2.50 bits per heavy atom. The van der Waals surface area contributed by atoms with Crippen molar-refractivity contribution >= 4 is 27.8 Å². The summed E-state index contributed by atoms with van der Waals surface area (Å²) in [5, 5.41) is 11.3. The van der Waals surface area contributed by atoms with E-state index in [1.165, 1.54) is 18.2 Å². The van der Waals surface area contributed by atoms with Gasteiger partial charge in [0, 0.05) is 0 Å². The molecular weight excluding hydrogens is 305 g/mol. The molecule has 0 saturated carbocycles. The zero-order valence-corrected chi connectivity index (χ0v) is 11.5. The monoisotopic (exact) mass is 317 g/mol. The summed E-state index contributed by atoms with van der Waals surface area (Å²) >= 11 is 2.96. The number of aliphatic carboxylic acids is 1. The number of nitrogens with one attached hydrogen (secondary N) is 1. The fourth-order valence-electron chi connectivity index (χ4n) is 1.41. The first-order chi connectivity index (χ1) is 8.34. The maximum atomic E-state index is 13.3. The summed E-state index contributed by atoms with van der Waals surface area (Å²) in [5.41, 5.74) is 0.0712. The van der Waals surface area contributed by atoms with Crippen LogP contribution in [0.4, 0.5) is 4.39 Å². The summed E-state index contributed by atoms with van der Waals surface area (Å²) < 4.78 is 13.3. The van der Waals surface area contributed by atoms with Gasteiger partial charge in [0.1, 0.15) is 11.9 Å². The van der Waals surface area contributed by atoms with E-state index >= 15 is 0 Å². The Kier molecular flexibility index (Phi) is 4.84. The molecule has 0 heterocycles. The molecule has 0 aliphatic carbocycles. The highest BCUT2D eigenvalue weighted by atomic mass is 79.9. The molecule has 0 fully saturated rings. The van der Waals surface area contributed by atoms with E-state index in [1.807, 2.05) is 0 Å². The molecule has 2 N–H and O–H groups in total. The number of halogens is 2. The molecule has 1 amide bonds. The molecule has 0 saturated heterocycles. The van der Waals surface area contributed by atoms with Gasteiger partial charge in [-0.3, -0.25) is 4.79 Å². The first-order valence-corrected chi connectivity index (χ1v) is 6.11. The summed E-state index contributed by atoms with van der Waals surface area (Å²) in [6.07, 6.45) is 0. The zero-order chi connectivity index (χ0) is 13.9. The predicted molar refractivity (Wildman–Crippen MR) is 67.8 cm³/mol. The van der Waals surface area contributed by atoms with Crippen molar-refractivity contribution in [2.45, 2.75) is 19.9 Å². The van der Waals surface area contributed by atoms with Gasteiger partial charge in [-0.15, -0.1) is 0 Å². The van der Waals surface area contributed by atoms with Crippen LogP contribution >= 0.6 is 15.9 Å². The van der Waals surface area contributed by atoms with E-state index in [-0.39, 0.29) is 16.0 Å². The number of benzene rings is 1. The van der Waals surface area contributed by atoms with Crippen molar-refractivity contribution in [3.05, 3.63) is 34.1 Å². The number of carbonyl (C=O) groups is 2. The van der Waals surface area contributed by atoms with Crippen LogP contribution < -0.4 is 5.32 Å². The molecule has 0 spiro atoms. The van der Waals surface area contributed by atoms with E-state index < -0.39 is 23.7 Å². The SMILES string of the molecule is CC(C)[C@H](NC(=O)c1cccc(F)c1Br)C(=O)O. The number of carbonyl (C=O) groups excluding carboxylic acids is 1. The largest absolute Gasteiger partial charge is 0.480 e. The fourth-order valence-corrected chi connectivity index (χ4v) is 1.86. The highest BCUT2D eigenvalue weighted by molar-refractivity contribution is 9.10. The second-order valence-corrected chi connectivity index (χ2v) is 4.93. The topological polar surface area (TPSA) is 66.4 Å². The van der Waals surface area contributed by atoms with E-state index in [9.17, 15) is 14.0 Å². The maximum absolute atomic E-state index is 13.3. The van der Waals surface area contributed by atoms with Gasteiger partial charge in [-0.25, -0.2) is 9.18 Å². The lowest BCUT2D eigenvalue weighted by Gasteiger charge is -2.18. The number of carboxylic acids is 1. The summed E-state index contributed by atoms with van der Waals surface area (Å²) in [7, 11) is 0. The Labute approximate surface area is 112 Å². The number of carboxylic acid groups (broad SMARTS) is 1. The summed E-state index contributed by atoms with van der Waals surface area (Å²) in [4.78, 5) is 22.8. The van der Waals surface area contributed by atoms with Gasteiger partial charge in [0.15, 0.2) is 0 Å². The molecular formula is C12H13BrFNO3. The van der Waals surface area contributed by atoms with Crippen LogP contribution in [0, 0.1) is 11.7 Å². The molecule has 0 aromatic heterocycles. The molecule has 1 aromatic carbocycles. The predicted octanol–water partition coefficient (Wildman–Crippen LogP) is 2.43. The van der Waals surface area contributed by atoms with E-state index in [2.05, 4.69) is 21.2 Å². The maximum Gasteiger partial charge on any atom is 0.326 e. The third-order valence-electron chi connectivity index (χ3n) is 2.42. The lowest BCUT2D eigenvalue weighted by Crippen LogP contribution is -2.44.